The van der Waals surface area contributed by atoms with Crippen molar-refractivity contribution in [1.29, 1.82) is 0 Å². The van der Waals surface area contributed by atoms with E-state index in [2.05, 4.69) is 15.6 Å². The Hall–Kier alpha value is -2.83. The van der Waals surface area contributed by atoms with Gasteiger partial charge in [-0.2, -0.15) is 0 Å². The van der Waals surface area contributed by atoms with E-state index in [4.69, 9.17) is 4.74 Å². The van der Waals surface area contributed by atoms with E-state index in [0.29, 0.717) is 24.5 Å². The van der Waals surface area contributed by atoms with Gasteiger partial charge in [0, 0.05) is 25.5 Å². The number of benzene rings is 1. The Morgan fingerprint density at radius 2 is 2.27 bits per heavy atom. The molecular formula is C15H16N4O3. The number of aromatic nitrogens is 2. The smallest absolute Gasteiger partial charge is 0.278 e. The molecule has 22 heavy (non-hydrogen) atoms. The minimum absolute atomic E-state index is 0.378. The Balaban J connectivity index is 1.67. The van der Waals surface area contributed by atoms with Gasteiger partial charge in [0.25, 0.3) is 17.4 Å². The monoisotopic (exact) mass is 300 g/mol. The number of anilines is 1. The number of para-hydroxylation sites is 2. The Bertz CT molecular complexity index is 699. The molecule has 1 aromatic carbocycles. The summed E-state index contributed by atoms with van der Waals surface area (Å²) in [6, 6.07) is 7.01. The summed E-state index contributed by atoms with van der Waals surface area (Å²) >= 11 is 0. The van der Waals surface area contributed by atoms with Crippen LogP contribution in [0.2, 0.25) is 0 Å². The van der Waals surface area contributed by atoms with E-state index in [-0.39, 0.29) is 0 Å². The molecule has 2 aromatic rings. The van der Waals surface area contributed by atoms with Crippen molar-refractivity contribution in [2.24, 2.45) is 0 Å². The topological polar surface area (TPSA) is 85.2 Å². The van der Waals surface area contributed by atoms with Gasteiger partial charge in [-0.1, -0.05) is 12.1 Å². The molecule has 3 rings (SSSR count). The molecule has 0 aliphatic carbocycles. The van der Waals surface area contributed by atoms with Crippen LogP contribution < -0.4 is 15.4 Å². The summed E-state index contributed by atoms with van der Waals surface area (Å²) in [6.45, 7) is 2.41. The molecule has 2 amide bonds. The quantitative estimate of drug-likeness (QED) is 0.818. The summed E-state index contributed by atoms with van der Waals surface area (Å²) in [4.78, 5) is 28.5. The molecule has 0 saturated carbocycles. The van der Waals surface area contributed by atoms with Gasteiger partial charge in [-0.15, -0.1) is 0 Å². The van der Waals surface area contributed by atoms with Crippen molar-refractivity contribution in [1.82, 2.24) is 14.9 Å². The Morgan fingerprint density at radius 3 is 3.05 bits per heavy atom. The van der Waals surface area contributed by atoms with Crippen LogP contribution in [-0.2, 0) is 16.1 Å². The van der Waals surface area contributed by atoms with Gasteiger partial charge < -0.3 is 19.9 Å². The molecule has 2 N–H and O–H groups in total. The molecule has 7 heteroatoms. The van der Waals surface area contributed by atoms with Crippen molar-refractivity contribution in [3.05, 3.63) is 43.0 Å². The van der Waals surface area contributed by atoms with Crippen molar-refractivity contribution in [3.8, 4) is 5.75 Å². The molecule has 114 valence electrons. The lowest BCUT2D eigenvalue weighted by Crippen LogP contribution is -2.59. The minimum atomic E-state index is -1.58. The van der Waals surface area contributed by atoms with Crippen molar-refractivity contribution in [3.63, 3.8) is 0 Å². The van der Waals surface area contributed by atoms with Crippen LogP contribution in [0.15, 0.2) is 43.0 Å². The summed E-state index contributed by atoms with van der Waals surface area (Å²) in [5.74, 6) is -0.472. The van der Waals surface area contributed by atoms with E-state index in [1.807, 2.05) is 4.57 Å². The van der Waals surface area contributed by atoms with Crippen LogP contribution >= 0.6 is 0 Å². The second-order valence-corrected chi connectivity index (χ2v) is 5.14. The summed E-state index contributed by atoms with van der Waals surface area (Å²) in [7, 11) is 0. The van der Waals surface area contributed by atoms with Gasteiger partial charge in [-0.3, -0.25) is 9.59 Å². The molecule has 7 nitrogen and oxygen atoms in total. The summed E-state index contributed by atoms with van der Waals surface area (Å²) in [5.41, 5.74) is -1.01. The molecule has 1 aliphatic rings. The number of carbonyl (C=O) groups excluding carboxylic acids is 2. The zero-order valence-corrected chi connectivity index (χ0v) is 12.1. The molecule has 2 heterocycles. The van der Waals surface area contributed by atoms with Crippen LogP contribution in [0, 0.1) is 0 Å². The highest BCUT2D eigenvalue weighted by atomic mass is 16.5. The highest BCUT2D eigenvalue weighted by Crippen LogP contribution is 2.33. The van der Waals surface area contributed by atoms with Gasteiger partial charge in [-0.05, 0) is 19.1 Å². The van der Waals surface area contributed by atoms with Crippen LogP contribution in [0.3, 0.4) is 0 Å². The van der Waals surface area contributed by atoms with Gasteiger partial charge in [0.2, 0.25) is 0 Å². The molecular weight excluding hydrogens is 284 g/mol. The molecule has 0 saturated heterocycles. The first-order valence-corrected chi connectivity index (χ1v) is 6.93. The molecule has 0 radical (unpaired) electrons. The van der Waals surface area contributed by atoms with E-state index in [9.17, 15) is 9.59 Å². The standard InChI is InChI=1S/C15H16N4O3/c1-15(13(20)17-7-9-19-8-6-16-10-19)14(21)18-11-4-2-3-5-12(11)22-15/h2-6,8,10H,7,9H2,1H3,(H,17,20)(H,18,21). The maximum Gasteiger partial charge on any atom is 0.278 e. The lowest BCUT2D eigenvalue weighted by molar-refractivity contribution is -0.146. The average Bonchev–Trinajstić information content (AvgIpc) is 3.01. The highest BCUT2D eigenvalue weighted by Gasteiger charge is 2.46. The second-order valence-electron chi connectivity index (χ2n) is 5.14. The van der Waals surface area contributed by atoms with Crippen LogP contribution in [0.4, 0.5) is 5.69 Å². The van der Waals surface area contributed by atoms with Gasteiger partial charge in [0.15, 0.2) is 0 Å². The summed E-state index contributed by atoms with van der Waals surface area (Å²) < 4.78 is 7.47. The zero-order chi connectivity index (χ0) is 15.6. The minimum Gasteiger partial charge on any atom is -0.466 e. The average molecular weight is 300 g/mol. The summed E-state index contributed by atoms with van der Waals surface area (Å²) in [6.07, 6.45) is 5.12. The maximum atomic E-state index is 12.3. The number of imidazole rings is 1. The number of hydrogen-bond donors (Lipinski definition) is 2. The number of hydrogen-bond acceptors (Lipinski definition) is 4. The van der Waals surface area contributed by atoms with Gasteiger partial charge in [0.1, 0.15) is 5.75 Å². The fourth-order valence-electron chi connectivity index (χ4n) is 2.20. The van der Waals surface area contributed by atoms with E-state index >= 15 is 0 Å². The number of nitrogens with zero attached hydrogens (tertiary/aromatic N) is 2. The lowest BCUT2D eigenvalue weighted by Gasteiger charge is -2.33. The van der Waals surface area contributed by atoms with E-state index in [1.54, 1.807) is 43.0 Å². The normalized spacial score (nSPS) is 19.8. The number of nitrogens with one attached hydrogen (secondary N) is 2. The second kappa shape index (κ2) is 5.51. The molecule has 1 atom stereocenters. The summed E-state index contributed by atoms with van der Waals surface area (Å²) in [5, 5.41) is 5.41. The van der Waals surface area contributed by atoms with Crippen molar-refractivity contribution in [2.45, 2.75) is 19.1 Å². The fraction of sp³-hybridized carbons (Fsp3) is 0.267. The number of carbonyl (C=O) groups is 2. The SMILES string of the molecule is CC1(C(=O)NCCn2ccnc2)Oc2ccccc2NC1=O. The van der Waals surface area contributed by atoms with E-state index in [1.165, 1.54) is 6.92 Å². The van der Waals surface area contributed by atoms with E-state index < -0.39 is 17.4 Å². The first kappa shape index (κ1) is 14.1. The first-order valence-electron chi connectivity index (χ1n) is 6.93. The van der Waals surface area contributed by atoms with Gasteiger partial charge in [0.05, 0.1) is 12.0 Å². The number of rotatable bonds is 4. The third-order valence-corrected chi connectivity index (χ3v) is 3.53. The van der Waals surface area contributed by atoms with Gasteiger partial charge in [-0.25, -0.2) is 4.98 Å². The van der Waals surface area contributed by atoms with Crippen molar-refractivity contribution < 1.29 is 14.3 Å². The zero-order valence-electron chi connectivity index (χ0n) is 12.1. The molecule has 1 aliphatic heterocycles. The molecule has 1 aromatic heterocycles. The molecule has 0 fully saturated rings. The molecule has 0 bridgehead atoms. The highest BCUT2D eigenvalue weighted by molar-refractivity contribution is 6.15. The third-order valence-electron chi connectivity index (χ3n) is 3.53. The van der Waals surface area contributed by atoms with Crippen LogP contribution in [0.5, 0.6) is 5.75 Å². The molecule has 1 unspecified atom stereocenters. The van der Waals surface area contributed by atoms with Crippen LogP contribution in [0.1, 0.15) is 6.92 Å². The van der Waals surface area contributed by atoms with Crippen molar-refractivity contribution in [2.75, 3.05) is 11.9 Å². The fourth-order valence-corrected chi connectivity index (χ4v) is 2.20. The molecule has 0 spiro atoms. The Labute approximate surface area is 127 Å². The maximum absolute atomic E-state index is 12.3. The van der Waals surface area contributed by atoms with Gasteiger partial charge >= 0.3 is 0 Å². The predicted octanol–water partition coefficient (Wildman–Crippen LogP) is 0.789. The Morgan fingerprint density at radius 1 is 1.45 bits per heavy atom. The number of amides is 2. The first-order chi connectivity index (χ1) is 10.6. The van der Waals surface area contributed by atoms with E-state index in [0.717, 1.165) is 0 Å². The largest absolute Gasteiger partial charge is 0.466 e. The third kappa shape index (κ3) is 2.52. The van der Waals surface area contributed by atoms with Crippen LogP contribution in [-0.4, -0.2) is 33.5 Å². The predicted molar refractivity (Wildman–Crippen MR) is 79.3 cm³/mol. The van der Waals surface area contributed by atoms with Crippen LogP contribution in [0.25, 0.3) is 0 Å². The number of fused-ring (bicyclic) bond motifs is 1. The Kier molecular flexibility index (Phi) is 3.54. The van der Waals surface area contributed by atoms with Crippen molar-refractivity contribution >= 4 is 17.5 Å². The number of ether oxygens (including phenoxy) is 1. The lowest BCUT2D eigenvalue weighted by atomic mass is 10.0.